The molecule has 4 heteroatoms. The molecule has 3 aromatic carbocycles. The van der Waals surface area contributed by atoms with Crippen molar-refractivity contribution in [3.63, 3.8) is 0 Å². The van der Waals surface area contributed by atoms with Gasteiger partial charge in [0.15, 0.2) is 0 Å². The van der Waals surface area contributed by atoms with E-state index in [1.807, 2.05) is 23.1 Å². The Balaban J connectivity index is 1.12. The summed E-state index contributed by atoms with van der Waals surface area (Å²) in [6.45, 7) is 4.70. The van der Waals surface area contributed by atoms with Crippen LogP contribution in [-0.2, 0) is 17.8 Å². The number of benzene rings is 3. The summed E-state index contributed by atoms with van der Waals surface area (Å²) < 4.78 is 6.12. The number of aryl methyl sites for hydroxylation is 1. The van der Waals surface area contributed by atoms with Gasteiger partial charge in [0.25, 0.3) is 0 Å². The highest BCUT2D eigenvalue weighted by Crippen LogP contribution is 2.33. The number of hydrogen-bond acceptors (Lipinski definition) is 3. The molecule has 0 N–H and O–H groups in total. The lowest BCUT2D eigenvalue weighted by Gasteiger charge is -2.32. The summed E-state index contributed by atoms with van der Waals surface area (Å²) in [5.41, 5.74) is 4.86. The first kappa shape index (κ1) is 22.7. The highest BCUT2D eigenvalue weighted by Gasteiger charge is 2.25. The molecule has 0 atom stereocenters. The van der Waals surface area contributed by atoms with Crippen molar-refractivity contribution < 1.29 is 9.53 Å². The van der Waals surface area contributed by atoms with Crippen LogP contribution < -0.4 is 9.64 Å². The summed E-state index contributed by atoms with van der Waals surface area (Å²) in [6, 6.07) is 27.4. The van der Waals surface area contributed by atoms with E-state index in [0.29, 0.717) is 25.5 Å². The fourth-order valence-electron chi connectivity index (χ4n) is 5.24. The third-order valence-corrected chi connectivity index (χ3v) is 7.19. The topological polar surface area (TPSA) is 32.8 Å². The number of likely N-dealkylation sites (tertiary alicyclic amines) is 1. The number of nitrogens with zero attached hydrogens (tertiary/aromatic N) is 2. The largest absolute Gasteiger partial charge is 0.493 e. The van der Waals surface area contributed by atoms with Crippen molar-refractivity contribution in [3.8, 4) is 5.75 Å². The minimum atomic E-state index is 0.187. The van der Waals surface area contributed by atoms with Gasteiger partial charge in [-0.15, -0.1) is 0 Å². The average molecular weight is 455 g/mol. The molecule has 1 amide bonds. The Morgan fingerprint density at radius 3 is 2.35 bits per heavy atom. The maximum Gasteiger partial charge on any atom is 0.227 e. The van der Waals surface area contributed by atoms with Gasteiger partial charge >= 0.3 is 0 Å². The van der Waals surface area contributed by atoms with E-state index in [1.54, 1.807) is 0 Å². The smallest absolute Gasteiger partial charge is 0.227 e. The van der Waals surface area contributed by atoms with Crippen molar-refractivity contribution >= 4 is 11.6 Å². The van der Waals surface area contributed by atoms with E-state index in [0.717, 1.165) is 49.5 Å². The second kappa shape index (κ2) is 10.9. The van der Waals surface area contributed by atoms with Gasteiger partial charge in [-0.05, 0) is 67.4 Å². The molecule has 0 radical (unpaired) electrons. The Morgan fingerprint density at radius 1 is 0.853 bits per heavy atom. The number of fused-ring (bicyclic) bond motifs is 1. The van der Waals surface area contributed by atoms with Crippen LogP contribution in [0.4, 0.5) is 5.69 Å². The summed E-state index contributed by atoms with van der Waals surface area (Å²) in [4.78, 5) is 17.2. The lowest BCUT2D eigenvalue weighted by Crippen LogP contribution is -2.34. The number of rotatable bonds is 8. The van der Waals surface area contributed by atoms with Gasteiger partial charge in [0, 0.05) is 19.0 Å². The first-order valence-electron chi connectivity index (χ1n) is 12.6. The van der Waals surface area contributed by atoms with Gasteiger partial charge < -0.3 is 14.5 Å². The number of hydrogen-bond donors (Lipinski definition) is 0. The number of carbonyl (C=O) groups excluding carboxylic acids is 1. The van der Waals surface area contributed by atoms with Crippen molar-refractivity contribution in [2.24, 2.45) is 0 Å². The predicted molar refractivity (Wildman–Crippen MR) is 137 cm³/mol. The first-order chi connectivity index (χ1) is 16.8. The Hall–Kier alpha value is -3.11. The number of piperidine rings is 1. The molecule has 2 aliphatic heterocycles. The third kappa shape index (κ3) is 5.51. The summed E-state index contributed by atoms with van der Waals surface area (Å²) in [5.74, 6) is 1.74. The van der Waals surface area contributed by atoms with Crippen LogP contribution in [0.5, 0.6) is 5.75 Å². The van der Waals surface area contributed by atoms with Crippen LogP contribution in [0.15, 0.2) is 78.9 Å². The molecule has 0 aromatic heterocycles. The van der Waals surface area contributed by atoms with E-state index in [-0.39, 0.29) is 5.91 Å². The molecule has 0 saturated carbocycles. The standard InChI is InChI=1S/C30H34N2O2/c33-30-15-13-27-12-14-28(22-29(27)32(30)23-24-8-3-1-4-9-24)34-21-7-18-31-19-16-26(17-20-31)25-10-5-2-6-11-25/h1-6,8-12,14,22,26H,7,13,15-21,23H2. The molecule has 0 unspecified atom stereocenters. The van der Waals surface area contributed by atoms with E-state index in [9.17, 15) is 4.79 Å². The van der Waals surface area contributed by atoms with Crippen LogP contribution >= 0.6 is 0 Å². The molecule has 3 aromatic rings. The molecule has 0 bridgehead atoms. The minimum absolute atomic E-state index is 0.187. The van der Waals surface area contributed by atoms with E-state index in [2.05, 4.69) is 65.6 Å². The van der Waals surface area contributed by atoms with Crippen LogP contribution in [0.25, 0.3) is 0 Å². The van der Waals surface area contributed by atoms with Crippen molar-refractivity contribution in [1.29, 1.82) is 0 Å². The van der Waals surface area contributed by atoms with Gasteiger partial charge in [-0.25, -0.2) is 0 Å². The Bertz CT molecular complexity index is 1080. The Morgan fingerprint density at radius 2 is 1.59 bits per heavy atom. The lowest BCUT2D eigenvalue weighted by molar-refractivity contribution is -0.119. The molecule has 5 rings (SSSR count). The lowest BCUT2D eigenvalue weighted by atomic mass is 9.89. The quantitative estimate of drug-likeness (QED) is 0.403. The SMILES string of the molecule is O=C1CCc2ccc(OCCCN3CCC(c4ccccc4)CC3)cc2N1Cc1ccccc1. The average Bonchev–Trinajstić information content (AvgIpc) is 2.90. The van der Waals surface area contributed by atoms with Crippen LogP contribution in [-0.4, -0.2) is 37.0 Å². The zero-order chi connectivity index (χ0) is 23.2. The fraction of sp³-hybridized carbons (Fsp3) is 0.367. The summed E-state index contributed by atoms with van der Waals surface area (Å²) in [7, 11) is 0. The predicted octanol–water partition coefficient (Wildman–Crippen LogP) is 5.81. The van der Waals surface area contributed by atoms with Gasteiger partial charge in [-0.1, -0.05) is 66.7 Å². The molecular formula is C30H34N2O2. The summed E-state index contributed by atoms with van der Waals surface area (Å²) in [6.07, 6.45) is 4.86. The van der Waals surface area contributed by atoms with Gasteiger partial charge in [-0.3, -0.25) is 4.79 Å². The maximum absolute atomic E-state index is 12.7. The highest BCUT2D eigenvalue weighted by molar-refractivity contribution is 5.96. The molecule has 176 valence electrons. The van der Waals surface area contributed by atoms with Gasteiger partial charge in [0.2, 0.25) is 5.91 Å². The fourth-order valence-corrected chi connectivity index (χ4v) is 5.24. The Labute approximate surface area is 203 Å². The first-order valence-corrected chi connectivity index (χ1v) is 12.6. The zero-order valence-corrected chi connectivity index (χ0v) is 19.9. The Kier molecular flexibility index (Phi) is 7.25. The number of carbonyl (C=O) groups is 1. The van der Waals surface area contributed by atoms with Crippen LogP contribution in [0, 0.1) is 0 Å². The van der Waals surface area contributed by atoms with Gasteiger partial charge in [-0.2, -0.15) is 0 Å². The van der Waals surface area contributed by atoms with E-state index in [1.165, 1.54) is 24.0 Å². The van der Waals surface area contributed by atoms with E-state index in [4.69, 9.17) is 4.74 Å². The van der Waals surface area contributed by atoms with Crippen molar-refractivity contribution in [1.82, 2.24) is 4.90 Å². The number of ether oxygens (including phenoxy) is 1. The van der Waals surface area contributed by atoms with E-state index >= 15 is 0 Å². The van der Waals surface area contributed by atoms with Crippen molar-refractivity contribution in [2.45, 2.75) is 44.6 Å². The highest BCUT2D eigenvalue weighted by atomic mass is 16.5. The van der Waals surface area contributed by atoms with Gasteiger partial charge in [0.05, 0.1) is 18.8 Å². The number of amides is 1. The van der Waals surface area contributed by atoms with E-state index < -0.39 is 0 Å². The molecule has 0 spiro atoms. The number of anilines is 1. The van der Waals surface area contributed by atoms with Crippen molar-refractivity contribution in [3.05, 3.63) is 95.6 Å². The molecule has 34 heavy (non-hydrogen) atoms. The minimum Gasteiger partial charge on any atom is -0.493 e. The monoisotopic (exact) mass is 454 g/mol. The molecule has 2 heterocycles. The van der Waals surface area contributed by atoms with Crippen molar-refractivity contribution in [2.75, 3.05) is 31.1 Å². The molecule has 4 nitrogen and oxygen atoms in total. The molecular weight excluding hydrogens is 420 g/mol. The molecule has 2 aliphatic rings. The third-order valence-electron chi connectivity index (χ3n) is 7.19. The second-order valence-corrected chi connectivity index (χ2v) is 9.48. The second-order valence-electron chi connectivity index (χ2n) is 9.48. The normalized spacial score (nSPS) is 16.9. The van der Waals surface area contributed by atoms with Crippen LogP contribution in [0.3, 0.4) is 0 Å². The summed E-state index contributed by atoms with van der Waals surface area (Å²) in [5, 5.41) is 0. The van der Waals surface area contributed by atoms with Crippen LogP contribution in [0.2, 0.25) is 0 Å². The maximum atomic E-state index is 12.7. The van der Waals surface area contributed by atoms with Gasteiger partial charge in [0.1, 0.15) is 5.75 Å². The molecule has 0 aliphatic carbocycles. The summed E-state index contributed by atoms with van der Waals surface area (Å²) >= 11 is 0. The molecule has 1 fully saturated rings. The van der Waals surface area contributed by atoms with Crippen LogP contribution in [0.1, 0.15) is 48.3 Å². The molecule has 1 saturated heterocycles. The zero-order valence-electron chi connectivity index (χ0n) is 19.9.